The number of nitrogens with two attached hydrogens (primary N) is 1. The topological polar surface area (TPSA) is 96.0 Å². The lowest BCUT2D eigenvalue weighted by Crippen LogP contribution is -2.19. The first kappa shape index (κ1) is 21.8. The highest BCUT2D eigenvalue weighted by Crippen LogP contribution is 2.22. The minimum absolute atomic E-state index is 0.140. The number of benzene rings is 1. The van der Waals surface area contributed by atoms with E-state index in [1.807, 2.05) is 0 Å². The van der Waals surface area contributed by atoms with Gasteiger partial charge in [-0.2, -0.15) is 13.2 Å². The van der Waals surface area contributed by atoms with Crippen molar-refractivity contribution in [2.45, 2.75) is 12.5 Å². The van der Waals surface area contributed by atoms with Crippen LogP contribution in [0.25, 0.3) is 0 Å². The van der Waals surface area contributed by atoms with Crippen LogP contribution in [0.4, 0.5) is 26.3 Å². The number of carbonyl (C=O) groups is 1. The van der Waals surface area contributed by atoms with E-state index in [-0.39, 0.29) is 22.8 Å². The first-order valence-electron chi connectivity index (χ1n) is 7.49. The summed E-state index contributed by atoms with van der Waals surface area (Å²) in [6.07, 6.45) is -8.48. The van der Waals surface area contributed by atoms with Crippen LogP contribution in [-0.2, 0) is 4.84 Å². The summed E-state index contributed by atoms with van der Waals surface area (Å²) in [5, 5.41) is 3.34. The second-order valence-corrected chi connectivity index (χ2v) is 5.22. The van der Waals surface area contributed by atoms with Crippen molar-refractivity contribution in [3.05, 3.63) is 53.7 Å². The molecule has 0 spiro atoms. The molecule has 0 bridgehead atoms. The zero-order valence-corrected chi connectivity index (χ0v) is 14.1. The molecule has 0 amide bonds. The van der Waals surface area contributed by atoms with Gasteiger partial charge in [0.2, 0.25) is 5.88 Å². The molecule has 0 aliphatic rings. The molecule has 156 valence electrons. The van der Waals surface area contributed by atoms with Crippen molar-refractivity contribution >= 4 is 11.8 Å². The summed E-state index contributed by atoms with van der Waals surface area (Å²) in [6.45, 7) is -1.54. The molecule has 0 saturated heterocycles. The van der Waals surface area contributed by atoms with Gasteiger partial charge >= 0.3 is 18.5 Å². The summed E-state index contributed by atoms with van der Waals surface area (Å²) < 4.78 is 80.5. The standard InChI is InChI=1S/C16H11F6N3O4/c17-15(18,19)8-27-12-6-3-10(7-24-12)14(26)29-25-13(23)9-1-4-11(5-2-9)28-16(20,21)22/h1-7H,8H2,(H2,23,25). The van der Waals surface area contributed by atoms with E-state index in [0.29, 0.717) is 0 Å². The fraction of sp³-hybridized carbons (Fsp3) is 0.188. The molecule has 2 rings (SSSR count). The number of oxime groups is 1. The monoisotopic (exact) mass is 423 g/mol. The molecule has 13 heteroatoms. The van der Waals surface area contributed by atoms with Gasteiger partial charge in [-0.25, -0.2) is 9.78 Å². The molecule has 0 atom stereocenters. The van der Waals surface area contributed by atoms with Crippen LogP contribution in [0.2, 0.25) is 0 Å². The maximum absolute atomic E-state index is 12.1. The van der Waals surface area contributed by atoms with Crippen LogP contribution in [0.5, 0.6) is 11.6 Å². The minimum atomic E-state index is -4.85. The molecule has 2 N–H and O–H groups in total. The molecular formula is C16H11F6N3O4. The van der Waals surface area contributed by atoms with E-state index in [9.17, 15) is 31.1 Å². The van der Waals surface area contributed by atoms with E-state index in [4.69, 9.17) is 5.73 Å². The van der Waals surface area contributed by atoms with Crippen LogP contribution in [0.1, 0.15) is 15.9 Å². The van der Waals surface area contributed by atoms with E-state index >= 15 is 0 Å². The number of alkyl halides is 6. The highest BCUT2D eigenvalue weighted by atomic mass is 19.4. The molecule has 0 radical (unpaired) electrons. The number of carbonyl (C=O) groups excluding carboxylic acids is 1. The normalized spacial score (nSPS) is 12.4. The Morgan fingerprint density at radius 1 is 1.00 bits per heavy atom. The molecular weight excluding hydrogens is 412 g/mol. The predicted octanol–water partition coefficient (Wildman–Crippen LogP) is 3.40. The van der Waals surface area contributed by atoms with E-state index in [1.165, 1.54) is 0 Å². The Morgan fingerprint density at radius 2 is 1.62 bits per heavy atom. The van der Waals surface area contributed by atoms with Gasteiger partial charge in [-0.1, -0.05) is 5.16 Å². The molecule has 0 aliphatic heterocycles. The Hall–Kier alpha value is -3.51. The molecule has 7 nitrogen and oxygen atoms in total. The molecule has 2 aromatic rings. The van der Waals surface area contributed by atoms with E-state index in [2.05, 4.69) is 24.5 Å². The van der Waals surface area contributed by atoms with Crippen molar-refractivity contribution in [3.63, 3.8) is 0 Å². The number of amidine groups is 1. The molecule has 0 aliphatic carbocycles. The van der Waals surface area contributed by atoms with Gasteiger partial charge in [0, 0.05) is 17.8 Å². The van der Waals surface area contributed by atoms with Gasteiger partial charge in [-0.05, 0) is 30.3 Å². The van der Waals surface area contributed by atoms with Crippen LogP contribution < -0.4 is 15.2 Å². The van der Waals surface area contributed by atoms with Gasteiger partial charge in [0.1, 0.15) is 5.75 Å². The lowest BCUT2D eigenvalue weighted by Gasteiger charge is -2.09. The predicted molar refractivity (Wildman–Crippen MR) is 85.1 cm³/mol. The number of halogens is 6. The summed E-state index contributed by atoms with van der Waals surface area (Å²) in [4.78, 5) is 19.9. The number of ether oxygens (including phenoxy) is 2. The summed E-state index contributed by atoms with van der Waals surface area (Å²) in [7, 11) is 0. The van der Waals surface area contributed by atoms with Gasteiger partial charge < -0.3 is 20.0 Å². The Bertz CT molecular complexity index is 864. The molecule has 0 fully saturated rings. The second kappa shape index (κ2) is 8.67. The van der Waals surface area contributed by atoms with Gasteiger partial charge in [-0.15, -0.1) is 13.2 Å². The zero-order valence-electron chi connectivity index (χ0n) is 14.1. The summed E-state index contributed by atoms with van der Waals surface area (Å²) >= 11 is 0. The third-order valence-electron chi connectivity index (χ3n) is 2.97. The zero-order chi connectivity index (χ0) is 21.7. The number of nitrogens with zero attached hydrogens (tertiary/aromatic N) is 2. The summed E-state index contributed by atoms with van der Waals surface area (Å²) in [5.74, 6) is -2.19. The highest BCUT2D eigenvalue weighted by molar-refractivity contribution is 5.98. The van der Waals surface area contributed by atoms with Gasteiger partial charge in [-0.3, -0.25) is 0 Å². The second-order valence-electron chi connectivity index (χ2n) is 5.22. The fourth-order valence-corrected chi connectivity index (χ4v) is 1.77. The summed E-state index contributed by atoms with van der Waals surface area (Å²) in [6, 6.07) is 6.39. The SMILES string of the molecule is NC(=NOC(=O)c1ccc(OCC(F)(F)F)nc1)c1ccc(OC(F)(F)F)cc1. The Morgan fingerprint density at radius 3 is 2.14 bits per heavy atom. The van der Waals surface area contributed by atoms with Crippen LogP contribution in [0.3, 0.4) is 0 Å². The van der Waals surface area contributed by atoms with Crippen LogP contribution in [-0.4, -0.2) is 35.9 Å². The lowest BCUT2D eigenvalue weighted by molar-refractivity contribution is -0.274. The maximum Gasteiger partial charge on any atom is 0.573 e. The molecule has 0 saturated carbocycles. The van der Waals surface area contributed by atoms with Crippen molar-refractivity contribution < 1.29 is 45.4 Å². The number of hydrogen-bond acceptors (Lipinski definition) is 6. The van der Waals surface area contributed by atoms with Crippen LogP contribution in [0.15, 0.2) is 47.8 Å². The van der Waals surface area contributed by atoms with Crippen molar-refractivity contribution in [3.8, 4) is 11.6 Å². The van der Waals surface area contributed by atoms with Crippen molar-refractivity contribution in [1.82, 2.24) is 4.98 Å². The van der Waals surface area contributed by atoms with E-state index in [1.54, 1.807) is 0 Å². The van der Waals surface area contributed by atoms with Crippen molar-refractivity contribution in [2.24, 2.45) is 10.9 Å². The van der Waals surface area contributed by atoms with Gasteiger partial charge in [0.25, 0.3) is 0 Å². The van der Waals surface area contributed by atoms with Crippen LogP contribution >= 0.6 is 0 Å². The molecule has 1 aromatic heterocycles. The Balaban J connectivity index is 1.95. The van der Waals surface area contributed by atoms with Crippen molar-refractivity contribution in [1.29, 1.82) is 0 Å². The number of pyridine rings is 1. The quantitative estimate of drug-likeness (QED) is 0.252. The third-order valence-corrected chi connectivity index (χ3v) is 2.97. The molecule has 29 heavy (non-hydrogen) atoms. The number of hydrogen-bond donors (Lipinski definition) is 1. The number of rotatable bonds is 6. The first-order chi connectivity index (χ1) is 13.4. The van der Waals surface area contributed by atoms with Gasteiger partial charge in [0.15, 0.2) is 12.4 Å². The van der Waals surface area contributed by atoms with Crippen molar-refractivity contribution in [2.75, 3.05) is 6.61 Å². The fourth-order valence-electron chi connectivity index (χ4n) is 1.77. The average molecular weight is 423 g/mol. The molecule has 0 unspecified atom stereocenters. The maximum atomic E-state index is 12.1. The average Bonchev–Trinajstić information content (AvgIpc) is 2.63. The largest absolute Gasteiger partial charge is 0.573 e. The summed E-state index contributed by atoms with van der Waals surface area (Å²) in [5.41, 5.74) is 5.55. The highest BCUT2D eigenvalue weighted by Gasteiger charge is 2.31. The molecule has 1 aromatic carbocycles. The van der Waals surface area contributed by atoms with Gasteiger partial charge in [0.05, 0.1) is 5.56 Å². The molecule has 1 heterocycles. The van der Waals surface area contributed by atoms with E-state index < -0.39 is 30.9 Å². The number of aromatic nitrogens is 1. The van der Waals surface area contributed by atoms with Crippen LogP contribution in [0, 0.1) is 0 Å². The van der Waals surface area contributed by atoms with E-state index in [0.717, 1.165) is 42.6 Å². The lowest BCUT2D eigenvalue weighted by atomic mass is 10.2. The Labute approximate surface area is 158 Å². The Kier molecular flexibility index (Phi) is 6.51. The first-order valence-corrected chi connectivity index (χ1v) is 7.49. The smallest absolute Gasteiger partial charge is 0.468 e. The third kappa shape index (κ3) is 7.56. The minimum Gasteiger partial charge on any atom is -0.468 e.